The van der Waals surface area contributed by atoms with Gasteiger partial charge in [0.15, 0.2) is 0 Å². The summed E-state index contributed by atoms with van der Waals surface area (Å²) in [5, 5.41) is 3.30. The van der Waals surface area contributed by atoms with E-state index in [1.165, 1.54) is 0 Å². The molecule has 0 radical (unpaired) electrons. The van der Waals surface area contributed by atoms with E-state index >= 15 is 0 Å². The van der Waals surface area contributed by atoms with Crippen molar-refractivity contribution in [2.75, 3.05) is 29.9 Å². The number of nitrogens with one attached hydrogen (secondary N) is 1. The molecule has 0 atom stereocenters. The Kier molecular flexibility index (Phi) is 6.26. The summed E-state index contributed by atoms with van der Waals surface area (Å²) in [6.07, 6.45) is 3.82. The number of hydrogen-bond donors (Lipinski definition) is 1. The summed E-state index contributed by atoms with van der Waals surface area (Å²) in [5.41, 5.74) is 0. The molecule has 0 spiro atoms. The second-order valence-electron chi connectivity index (χ2n) is 3.87. The molecule has 0 aromatic carbocycles. The average molecular weight is 301 g/mol. The smallest absolute Gasteiger partial charge is 0.148 e. The van der Waals surface area contributed by atoms with Crippen LogP contribution in [0.3, 0.4) is 0 Å². The van der Waals surface area contributed by atoms with Crippen LogP contribution >= 0.6 is 15.9 Å². The van der Waals surface area contributed by atoms with E-state index in [9.17, 15) is 0 Å². The Labute approximate surface area is 112 Å². The minimum absolute atomic E-state index is 0.881. The van der Waals surface area contributed by atoms with Crippen molar-refractivity contribution < 1.29 is 0 Å². The molecule has 1 rings (SSSR count). The Morgan fingerprint density at radius 2 is 2.00 bits per heavy atom. The molecule has 0 unspecified atom stereocenters. The molecule has 4 nitrogen and oxygen atoms in total. The third-order valence-electron chi connectivity index (χ3n) is 2.49. The maximum Gasteiger partial charge on any atom is 0.148 e. The first-order valence-electron chi connectivity index (χ1n) is 6.23. The largest absolute Gasteiger partial charge is 0.369 e. The standard InChI is InChI=1S/C12H21BrN4/c1-4-7-14-11-10(13)12(16-9-15-11)17(6-3)8-5-2/h9H,4-8H2,1-3H3,(H,14,15,16). The van der Waals surface area contributed by atoms with Crippen molar-refractivity contribution in [1.29, 1.82) is 0 Å². The molecule has 0 aliphatic rings. The zero-order valence-electron chi connectivity index (χ0n) is 10.8. The van der Waals surface area contributed by atoms with Crippen LogP contribution in [0.25, 0.3) is 0 Å². The fourth-order valence-electron chi connectivity index (χ4n) is 1.63. The molecule has 96 valence electrons. The topological polar surface area (TPSA) is 41.1 Å². The van der Waals surface area contributed by atoms with Gasteiger partial charge in [-0.2, -0.15) is 0 Å². The van der Waals surface area contributed by atoms with Crippen LogP contribution in [-0.4, -0.2) is 29.6 Å². The van der Waals surface area contributed by atoms with Gasteiger partial charge in [0.2, 0.25) is 0 Å². The average Bonchev–Trinajstić information content (AvgIpc) is 2.35. The molecule has 5 heteroatoms. The SMILES string of the molecule is CCCNc1ncnc(N(CC)CCC)c1Br. The molecule has 0 fully saturated rings. The molecule has 1 heterocycles. The van der Waals surface area contributed by atoms with Gasteiger partial charge in [0, 0.05) is 19.6 Å². The Morgan fingerprint density at radius 3 is 2.59 bits per heavy atom. The van der Waals surface area contributed by atoms with Crippen LogP contribution in [0, 0.1) is 0 Å². The molecule has 1 N–H and O–H groups in total. The number of anilines is 2. The van der Waals surface area contributed by atoms with Gasteiger partial charge >= 0.3 is 0 Å². The van der Waals surface area contributed by atoms with Crippen LogP contribution < -0.4 is 10.2 Å². The fraction of sp³-hybridized carbons (Fsp3) is 0.667. The molecular formula is C12H21BrN4. The Hall–Kier alpha value is -0.840. The van der Waals surface area contributed by atoms with Gasteiger partial charge in [0.25, 0.3) is 0 Å². The summed E-state index contributed by atoms with van der Waals surface area (Å²) in [6, 6.07) is 0. The van der Waals surface area contributed by atoms with Gasteiger partial charge in [-0.3, -0.25) is 0 Å². The van der Waals surface area contributed by atoms with E-state index in [2.05, 4.69) is 56.9 Å². The molecule has 1 aromatic heterocycles. The predicted octanol–water partition coefficient (Wildman–Crippen LogP) is 3.30. The first-order chi connectivity index (χ1) is 8.24. The monoisotopic (exact) mass is 300 g/mol. The maximum absolute atomic E-state index is 4.36. The van der Waals surface area contributed by atoms with Crippen LogP contribution in [0.4, 0.5) is 11.6 Å². The first-order valence-corrected chi connectivity index (χ1v) is 7.03. The zero-order chi connectivity index (χ0) is 12.7. The summed E-state index contributed by atoms with van der Waals surface area (Å²) < 4.78 is 0.962. The summed E-state index contributed by atoms with van der Waals surface area (Å²) in [5.74, 6) is 1.86. The second-order valence-corrected chi connectivity index (χ2v) is 4.66. The van der Waals surface area contributed by atoms with Crippen molar-refractivity contribution in [2.45, 2.75) is 33.6 Å². The van der Waals surface area contributed by atoms with Crippen molar-refractivity contribution >= 4 is 27.6 Å². The van der Waals surface area contributed by atoms with E-state index < -0.39 is 0 Å². The molecular weight excluding hydrogens is 280 g/mol. The summed E-state index contributed by atoms with van der Waals surface area (Å²) in [6.45, 7) is 9.35. The van der Waals surface area contributed by atoms with E-state index in [-0.39, 0.29) is 0 Å². The third kappa shape index (κ3) is 3.84. The van der Waals surface area contributed by atoms with Crippen LogP contribution in [0.5, 0.6) is 0 Å². The molecule has 0 bridgehead atoms. The fourth-order valence-corrected chi connectivity index (χ4v) is 2.23. The lowest BCUT2D eigenvalue weighted by molar-refractivity contribution is 0.773. The molecule has 17 heavy (non-hydrogen) atoms. The predicted molar refractivity (Wildman–Crippen MR) is 76.7 cm³/mol. The molecule has 1 aromatic rings. The zero-order valence-corrected chi connectivity index (χ0v) is 12.4. The Balaban J connectivity index is 2.91. The molecule has 0 saturated carbocycles. The van der Waals surface area contributed by atoms with Crippen molar-refractivity contribution in [1.82, 2.24) is 9.97 Å². The van der Waals surface area contributed by atoms with Crippen LogP contribution in [0.1, 0.15) is 33.6 Å². The highest BCUT2D eigenvalue weighted by Gasteiger charge is 2.13. The lowest BCUT2D eigenvalue weighted by Gasteiger charge is -2.23. The van der Waals surface area contributed by atoms with Gasteiger partial charge in [-0.1, -0.05) is 13.8 Å². The Bertz CT molecular complexity index is 343. The number of aromatic nitrogens is 2. The number of halogens is 1. The number of nitrogens with zero attached hydrogens (tertiary/aromatic N) is 3. The normalized spacial score (nSPS) is 10.4. The summed E-state index contributed by atoms with van der Waals surface area (Å²) in [7, 11) is 0. The first kappa shape index (κ1) is 14.2. The van der Waals surface area contributed by atoms with Crippen molar-refractivity contribution in [3.63, 3.8) is 0 Å². The lowest BCUT2D eigenvalue weighted by Crippen LogP contribution is -2.25. The van der Waals surface area contributed by atoms with E-state index in [0.717, 1.165) is 48.6 Å². The number of rotatable bonds is 7. The summed E-state index contributed by atoms with van der Waals surface area (Å²) >= 11 is 3.59. The van der Waals surface area contributed by atoms with Crippen LogP contribution in [0.15, 0.2) is 10.8 Å². The van der Waals surface area contributed by atoms with Gasteiger partial charge < -0.3 is 10.2 Å². The minimum Gasteiger partial charge on any atom is -0.369 e. The van der Waals surface area contributed by atoms with Gasteiger partial charge in [-0.25, -0.2) is 9.97 Å². The molecule has 0 saturated heterocycles. The summed E-state index contributed by atoms with van der Waals surface area (Å²) in [4.78, 5) is 10.9. The second kappa shape index (κ2) is 7.48. The minimum atomic E-state index is 0.881. The van der Waals surface area contributed by atoms with Crippen LogP contribution in [-0.2, 0) is 0 Å². The highest BCUT2D eigenvalue weighted by atomic mass is 79.9. The maximum atomic E-state index is 4.36. The highest BCUT2D eigenvalue weighted by Crippen LogP contribution is 2.29. The van der Waals surface area contributed by atoms with Crippen molar-refractivity contribution in [3.05, 3.63) is 10.8 Å². The van der Waals surface area contributed by atoms with E-state index in [0.29, 0.717) is 0 Å². The highest BCUT2D eigenvalue weighted by molar-refractivity contribution is 9.10. The third-order valence-corrected chi connectivity index (χ3v) is 3.22. The van der Waals surface area contributed by atoms with E-state index in [4.69, 9.17) is 0 Å². The van der Waals surface area contributed by atoms with Gasteiger partial charge in [0.05, 0.1) is 0 Å². The number of hydrogen-bond acceptors (Lipinski definition) is 4. The van der Waals surface area contributed by atoms with Crippen LogP contribution in [0.2, 0.25) is 0 Å². The van der Waals surface area contributed by atoms with E-state index in [1.807, 2.05) is 0 Å². The van der Waals surface area contributed by atoms with Crippen molar-refractivity contribution in [3.8, 4) is 0 Å². The van der Waals surface area contributed by atoms with Gasteiger partial charge in [0.1, 0.15) is 22.4 Å². The molecule has 0 aliphatic carbocycles. The molecule has 0 aliphatic heterocycles. The quantitative estimate of drug-likeness (QED) is 0.839. The van der Waals surface area contributed by atoms with E-state index in [1.54, 1.807) is 6.33 Å². The lowest BCUT2D eigenvalue weighted by atomic mass is 10.3. The van der Waals surface area contributed by atoms with Gasteiger partial charge in [-0.05, 0) is 35.7 Å². The van der Waals surface area contributed by atoms with Crippen molar-refractivity contribution in [2.24, 2.45) is 0 Å². The van der Waals surface area contributed by atoms with Gasteiger partial charge in [-0.15, -0.1) is 0 Å². The molecule has 0 amide bonds. The Morgan fingerprint density at radius 1 is 1.24 bits per heavy atom.